The number of aliphatic carboxylic acids is 1. The standard InChI is InChI=1S/C10H11N3O6S/c11-20(18,19)7-2-5-1-6(3-9(14)15)12-10(5)8(4-7)13(16)17/h2,4,6,12H,1,3H2,(H,14,15)(H2,11,18,19)/t6-/m0/s1. The van der Waals surface area contributed by atoms with Gasteiger partial charge in [0.25, 0.3) is 5.69 Å². The number of nitro groups is 1. The summed E-state index contributed by atoms with van der Waals surface area (Å²) in [7, 11) is -4.07. The normalized spacial score (nSPS) is 17.4. The summed E-state index contributed by atoms with van der Waals surface area (Å²) in [4.78, 5) is 20.6. The largest absolute Gasteiger partial charge is 0.481 e. The Kier molecular flexibility index (Phi) is 3.36. The number of carbonyl (C=O) groups is 1. The molecule has 0 radical (unpaired) electrons. The molecular formula is C10H11N3O6S. The third-order valence-corrected chi connectivity index (χ3v) is 3.83. The highest BCUT2D eigenvalue weighted by atomic mass is 32.2. The molecular weight excluding hydrogens is 290 g/mol. The zero-order valence-electron chi connectivity index (χ0n) is 10.1. The van der Waals surface area contributed by atoms with Gasteiger partial charge in [-0.2, -0.15) is 0 Å². The molecule has 2 rings (SSSR count). The Labute approximate surface area is 113 Å². The van der Waals surface area contributed by atoms with E-state index in [9.17, 15) is 23.3 Å². The number of hydrogen-bond donors (Lipinski definition) is 3. The third kappa shape index (κ3) is 2.70. The van der Waals surface area contributed by atoms with E-state index >= 15 is 0 Å². The molecule has 10 heteroatoms. The lowest BCUT2D eigenvalue weighted by molar-refractivity contribution is -0.384. The number of anilines is 1. The van der Waals surface area contributed by atoms with Gasteiger partial charge >= 0.3 is 5.97 Å². The van der Waals surface area contributed by atoms with E-state index in [1.54, 1.807) is 0 Å². The molecule has 1 aromatic rings. The molecule has 0 saturated carbocycles. The van der Waals surface area contributed by atoms with Crippen LogP contribution in [-0.2, 0) is 21.2 Å². The maximum Gasteiger partial charge on any atom is 0.305 e. The van der Waals surface area contributed by atoms with Gasteiger partial charge in [0, 0.05) is 12.1 Å². The van der Waals surface area contributed by atoms with Gasteiger partial charge < -0.3 is 10.4 Å². The van der Waals surface area contributed by atoms with Crippen LogP contribution in [-0.4, -0.2) is 30.5 Å². The molecule has 0 spiro atoms. The molecule has 0 bridgehead atoms. The van der Waals surface area contributed by atoms with Gasteiger partial charge in [-0.15, -0.1) is 0 Å². The average Bonchev–Trinajstić information content (AvgIpc) is 2.66. The van der Waals surface area contributed by atoms with Crippen molar-refractivity contribution in [2.75, 3.05) is 5.32 Å². The molecule has 0 aromatic heterocycles. The quantitative estimate of drug-likeness (QED) is 0.524. The van der Waals surface area contributed by atoms with Crippen LogP contribution in [0.15, 0.2) is 17.0 Å². The molecule has 0 amide bonds. The van der Waals surface area contributed by atoms with E-state index < -0.39 is 32.6 Å². The van der Waals surface area contributed by atoms with Crippen molar-refractivity contribution >= 4 is 27.4 Å². The van der Waals surface area contributed by atoms with Crippen LogP contribution in [0.5, 0.6) is 0 Å². The number of benzene rings is 1. The van der Waals surface area contributed by atoms with Crippen LogP contribution in [0.1, 0.15) is 12.0 Å². The number of sulfonamides is 1. The zero-order valence-corrected chi connectivity index (χ0v) is 10.9. The van der Waals surface area contributed by atoms with Gasteiger partial charge in [-0.25, -0.2) is 13.6 Å². The van der Waals surface area contributed by atoms with E-state index in [2.05, 4.69) is 5.32 Å². The van der Waals surface area contributed by atoms with Crippen LogP contribution in [0.3, 0.4) is 0 Å². The van der Waals surface area contributed by atoms with Crippen LogP contribution in [0.25, 0.3) is 0 Å². The maximum absolute atomic E-state index is 11.3. The summed E-state index contributed by atoms with van der Waals surface area (Å²) in [5.41, 5.74) is 0.0857. The molecule has 0 fully saturated rings. The van der Waals surface area contributed by atoms with E-state index in [1.807, 2.05) is 0 Å². The number of rotatable bonds is 4. The predicted octanol–water partition coefficient (Wildman–Crippen LogP) is 0.0535. The Bertz CT molecular complexity index is 699. The molecule has 1 aliphatic rings. The van der Waals surface area contributed by atoms with Crippen molar-refractivity contribution in [1.82, 2.24) is 0 Å². The van der Waals surface area contributed by atoms with Crippen molar-refractivity contribution in [2.45, 2.75) is 23.8 Å². The highest BCUT2D eigenvalue weighted by Crippen LogP contribution is 2.37. The first kappa shape index (κ1) is 14.2. The smallest absolute Gasteiger partial charge is 0.305 e. The van der Waals surface area contributed by atoms with E-state index in [4.69, 9.17) is 10.2 Å². The van der Waals surface area contributed by atoms with Crippen LogP contribution in [0.2, 0.25) is 0 Å². The number of fused-ring (bicyclic) bond motifs is 1. The Morgan fingerprint density at radius 1 is 1.55 bits per heavy atom. The van der Waals surface area contributed by atoms with Crippen molar-refractivity contribution < 1.29 is 23.2 Å². The summed E-state index contributed by atoms with van der Waals surface area (Å²) < 4.78 is 22.6. The molecule has 1 aromatic carbocycles. The highest BCUT2D eigenvalue weighted by Gasteiger charge is 2.31. The molecule has 4 N–H and O–H groups in total. The molecule has 20 heavy (non-hydrogen) atoms. The van der Waals surface area contributed by atoms with Crippen molar-refractivity contribution in [3.8, 4) is 0 Å². The number of carboxylic acids is 1. The molecule has 1 atom stereocenters. The highest BCUT2D eigenvalue weighted by molar-refractivity contribution is 7.89. The first-order chi connectivity index (χ1) is 9.18. The SMILES string of the molecule is NS(=O)(=O)c1cc2c(c([N+](=O)[O-])c1)N[C@H](CC(=O)O)C2. The second-order valence-electron chi connectivity index (χ2n) is 4.42. The average molecular weight is 301 g/mol. The Morgan fingerprint density at radius 3 is 2.70 bits per heavy atom. The van der Waals surface area contributed by atoms with Gasteiger partial charge in [-0.3, -0.25) is 14.9 Å². The lowest BCUT2D eigenvalue weighted by Gasteiger charge is -2.07. The van der Waals surface area contributed by atoms with Gasteiger partial charge in [0.1, 0.15) is 5.69 Å². The molecule has 1 heterocycles. The lowest BCUT2D eigenvalue weighted by atomic mass is 10.1. The minimum atomic E-state index is -4.07. The fraction of sp³-hybridized carbons (Fsp3) is 0.300. The van der Waals surface area contributed by atoms with Gasteiger partial charge in [0.05, 0.1) is 16.2 Å². The minimum Gasteiger partial charge on any atom is -0.481 e. The summed E-state index contributed by atoms with van der Waals surface area (Å²) in [5, 5.41) is 27.4. The number of primary sulfonamides is 1. The van der Waals surface area contributed by atoms with Crippen molar-refractivity contribution in [1.29, 1.82) is 0 Å². The van der Waals surface area contributed by atoms with E-state index in [1.165, 1.54) is 6.07 Å². The number of nitrogens with two attached hydrogens (primary N) is 1. The molecule has 0 saturated heterocycles. The molecule has 108 valence electrons. The second kappa shape index (κ2) is 4.72. The van der Waals surface area contributed by atoms with Gasteiger partial charge in [-0.1, -0.05) is 0 Å². The second-order valence-corrected chi connectivity index (χ2v) is 5.98. The molecule has 0 unspecified atom stereocenters. The maximum atomic E-state index is 11.3. The first-order valence-corrected chi connectivity index (χ1v) is 7.05. The fourth-order valence-electron chi connectivity index (χ4n) is 2.15. The van der Waals surface area contributed by atoms with Gasteiger partial charge in [0.2, 0.25) is 10.0 Å². The van der Waals surface area contributed by atoms with Crippen LogP contribution in [0, 0.1) is 10.1 Å². The summed E-state index contributed by atoms with van der Waals surface area (Å²) in [6, 6.07) is 1.58. The van der Waals surface area contributed by atoms with Crippen molar-refractivity contribution in [3.63, 3.8) is 0 Å². The molecule has 0 aliphatic carbocycles. The molecule has 1 aliphatic heterocycles. The van der Waals surface area contributed by atoms with Gasteiger partial charge in [-0.05, 0) is 18.1 Å². The number of hydrogen-bond acceptors (Lipinski definition) is 6. The Balaban J connectivity index is 2.49. The fourth-order valence-corrected chi connectivity index (χ4v) is 2.73. The Morgan fingerprint density at radius 2 is 2.20 bits per heavy atom. The number of nitrogens with zero attached hydrogens (tertiary/aromatic N) is 1. The monoisotopic (exact) mass is 301 g/mol. The van der Waals surface area contributed by atoms with Gasteiger partial charge in [0.15, 0.2) is 0 Å². The number of nitrogens with one attached hydrogen (secondary N) is 1. The van der Waals surface area contributed by atoms with E-state index in [-0.39, 0.29) is 23.4 Å². The van der Waals surface area contributed by atoms with E-state index in [0.29, 0.717) is 5.56 Å². The van der Waals surface area contributed by atoms with Crippen LogP contribution < -0.4 is 10.5 Å². The minimum absolute atomic E-state index is 0.147. The summed E-state index contributed by atoms with van der Waals surface area (Å²) in [6.45, 7) is 0. The summed E-state index contributed by atoms with van der Waals surface area (Å²) in [5.74, 6) is -1.05. The zero-order chi connectivity index (χ0) is 15.1. The van der Waals surface area contributed by atoms with Crippen LogP contribution in [0.4, 0.5) is 11.4 Å². The summed E-state index contributed by atoms with van der Waals surface area (Å²) in [6.07, 6.45) is -0.0393. The molecule has 9 nitrogen and oxygen atoms in total. The third-order valence-electron chi connectivity index (χ3n) is 2.93. The number of carboxylic acid groups (broad SMARTS) is 1. The van der Waals surface area contributed by atoms with E-state index in [0.717, 1.165) is 6.07 Å². The van der Waals surface area contributed by atoms with Crippen LogP contribution >= 0.6 is 0 Å². The number of nitro benzene ring substituents is 1. The van der Waals surface area contributed by atoms with Crippen molar-refractivity contribution in [3.05, 3.63) is 27.8 Å². The Hall–Kier alpha value is -2.20. The van der Waals surface area contributed by atoms with Crippen molar-refractivity contribution in [2.24, 2.45) is 5.14 Å². The predicted molar refractivity (Wildman–Crippen MR) is 67.8 cm³/mol. The topological polar surface area (TPSA) is 153 Å². The summed E-state index contributed by atoms with van der Waals surface area (Å²) >= 11 is 0. The lowest BCUT2D eigenvalue weighted by Crippen LogP contribution is -2.19. The first-order valence-electron chi connectivity index (χ1n) is 5.51.